The van der Waals surface area contributed by atoms with Crippen LogP contribution in [-0.4, -0.2) is 39.6 Å². The van der Waals surface area contributed by atoms with Crippen molar-refractivity contribution in [3.63, 3.8) is 0 Å². The monoisotopic (exact) mass is 373 g/mol. The van der Waals surface area contributed by atoms with Gasteiger partial charge in [-0.15, -0.1) is 0 Å². The van der Waals surface area contributed by atoms with E-state index in [9.17, 15) is 8.42 Å². The van der Waals surface area contributed by atoms with Crippen LogP contribution in [0, 0.1) is 5.92 Å². The van der Waals surface area contributed by atoms with Gasteiger partial charge >= 0.3 is 0 Å². The van der Waals surface area contributed by atoms with Crippen LogP contribution in [0.3, 0.4) is 0 Å². The summed E-state index contributed by atoms with van der Waals surface area (Å²) < 4.78 is 30.2. The molecule has 1 saturated heterocycles. The van der Waals surface area contributed by atoms with Crippen LogP contribution >= 0.6 is 15.9 Å². The van der Waals surface area contributed by atoms with E-state index in [4.69, 9.17) is 4.74 Å². The molecule has 0 radical (unpaired) electrons. The van der Waals surface area contributed by atoms with E-state index in [1.807, 2.05) is 7.05 Å². The summed E-state index contributed by atoms with van der Waals surface area (Å²) in [5.74, 6) is 1.81. The third-order valence-corrected chi connectivity index (χ3v) is 6.72. The van der Waals surface area contributed by atoms with Gasteiger partial charge < -0.3 is 10.1 Å². The molecule has 0 aliphatic carbocycles. The van der Waals surface area contributed by atoms with Crippen molar-refractivity contribution in [1.82, 2.24) is 5.32 Å². The second-order valence-electron chi connectivity index (χ2n) is 5.91. The van der Waals surface area contributed by atoms with Crippen molar-refractivity contribution in [2.45, 2.75) is 25.3 Å². The fourth-order valence-electron chi connectivity index (χ4n) is 3.38. The van der Waals surface area contributed by atoms with Gasteiger partial charge in [0.05, 0.1) is 18.1 Å². The van der Waals surface area contributed by atoms with Crippen molar-refractivity contribution in [3.8, 4) is 5.75 Å². The molecule has 3 rings (SSSR count). The summed E-state index contributed by atoms with van der Waals surface area (Å²) >= 11 is 3.56. The van der Waals surface area contributed by atoms with Gasteiger partial charge in [0, 0.05) is 16.9 Å². The standard InChI is InChI=1S/C15H20BrNO3S/c1-17-14(11-3-5-21(18,19)9-11)8-12-7-13(16)6-10-2-4-20-15(10)12/h6-7,11,14,17H,2-5,8-9H2,1H3. The molecule has 116 valence electrons. The zero-order valence-electron chi connectivity index (χ0n) is 12.1. The molecule has 2 atom stereocenters. The molecule has 2 unspecified atom stereocenters. The second-order valence-corrected chi connectivity index (χ2v) is 9.06. The van der Waals surface area contributed by atoms with Crippen LogP contribution in [-0.2, 0) is 22.7 Å². The third kappa shape index (κ3) is 3.27. The van der Waals surface area contributed by atoms with E-state index in [0.29, 0.717) is 11.5 Å². The maximum absolute atomic E-state index is 11.7. The van der Waals surface area contributed by atoms with Crippen LogP contribution in [0.4, 0.5) is 0 Å². The predicted octanol–water partition coefficient (Wildman–Crippen LogP) is 1.95. The maximum Gasteiger partial charge on any atom is 0.150 e. The predicted molar refractivity (Wildman–Crippen MR) is 86.7 cm³/mol. The number of benzene rings is 1. The van der Waals surface area contributed by atoms with E-state index in [2.05, 4.69) is 33.4 Å². The molecule has 2 aliphatic heterocycles. The van der Waals surface area contributed by atoms with Gasteiger partial charge in [-0.05, 0) is 49.1 Å². The Hall–Kier alpha value is -0.590. The van der Waals surface area contributed by atoms with Crippen molar-refractivity contribution in [3.05, 3.63) is 27.7 Å². The Labute approximate surface area is 134 Å². The Morgan fingerprint density at radius 1 is 1.48 bits per heavy atom. The number of likely N-dealkylation sites (N-methyl/N-ethyl adjacent to an activating group) is 1. The molecule has 2 aliphatic rings. The molecule has 1 aromatic rings. The highest BCUT2D eigenvalue weighted by Crippen LogP contribution is 2.35. The minimum absolute atomic E-state index is 0.171. The van der Waals surface area contributed by atoms with Gasteiger partial charge in [-0.3, -0.25) is 0 Å². The summed E-state index contributed by atoms with van der Waals surface area (Å²) in [5, 5.41) is 3.31. The summed E-state index contributed by atoms with van der Waals surface area (Å²) in [7, 11) is -0.932. The number of sulfone groups is 1. The molecule has 6 heteroatoms. The average Bonchev–Trinajstić information content (AvgIpc) is 3.01. The first-order valence-electron chi connectivity index (χ1n) is 7.30. The van der Waals surface area contributed by atoms with Gasteiger partial charge in [-0.25, -0.2) is 8.42 Å². The minimum atomic E-state index is -2.84. The highest BCUT2D eigenvalue weighted by atomic mass is 79.9. The first kappa shape index (κ1) is 15.3. The van der Waals surface area contributed by atoms with Gasteiger partial charge in [0.1, 0.15) is 5.75 Å². The van der Waals surface area contributed by atoms with E-state index < -0.39 is 9.84 Å². The molecule has 0 spiro atoms. The van der Waals surface area contributed by atoms with Crippen molar-refractivity contribution in [1.29, 1.82) is 0 Å². The SMILES string of the molecule is CNC(Cc1cc(Br)cc2c1OCC2)C1CCS(=O)(=O)C1. The van der Waals surface area contributed by atoms with E-state index in [0.717, 1.165) is 36.1 Å². The van der Waals surface area contributed by atoms with E-state index in [-0.39, 0.29) is 12.0 Å². The summed E-state index contributed by atoms with van der Waals surface area (Å²) in [5.41, 5.74) is 2.41. The van der Waals surface area contributed by atoms with Gasteiger partial charge in [0.15, 0.2) is 9.84 Å². The minimum Gasteiger partial charge on any atom is -0.493 e. The van der Waals surface area contributed by atoms with Crippen LogP contribution in [0.25, 0.3) is 0 Å². The summed E-state index contributed by atoms with van der Waals surface area (Å²) in [4.78, 5) is 0. The Morgan fingerprint density at radius 2 is 2.29 bits per heavy atom. The number of ether oxygens (including phenoxy) is 1. The Balaban J connectivity index is 1.82. The molecule has 1 N–H and O–H groups in total. The summed E-state index contributed by atoms with van der Waals surface area (Å²) in [6.45, 7) is 0.737. The number of fused-ring (bicyclic) bond motifs is 1. The normalized spacial score (nSPS) is 24.6. The lowest BCUT2D eigenvalue weighted by Crippen LogP contribution is -2.36. The topological polar surface area (TPSA) is 55.4 Å². The lowest BCUT2D eigenvalue weighted by Gasteiger charge is -2.23. The quantitative estimate of drug-likeness (QED) is 0.876. The van der Waals surface area contributed by atoms with Crippen molar-refractivity contribution in [2.75, 3.05) is 25.2 Å². The molecule has 1 aromatic carbocycles. The highest BCUT2D eigenvalue weighted by molar-refractivity contribution is 9.10. The molecule has 1 fully saturated rings. The Bertz CT molecular complexity index is 645. The summed E-state index contributed by atoms with van der Waals surface area (Å²) in [6, 6.07) is 4.38. The van der Waals surface area contributed by atoms with Gasteiger partial charge in [0.2, 0.25) is 0 Å². The van der Waals surface area contributed by atoms with E-state index >= 15 is 0 Å². The highest BCUT2D eigenvalue weighted by Gasteiger charge is 2.33. The van der Waals surface area contributed by atoms with Gasteiger partial charge in [-0.1, -0.05) is 15.9 Å². The summed E-state index contributed by atoms with van der Waals surface area (Å²) in [6.07, 6.45) is 2.51. The number of hydrogen-bond acceptors (Lipinski definition) is 4. The zero-order valence-corrected chi connectivity index (χ0v) is 14.5. The fraction of sp³-hybridized carbons (Fsp3) is 0.600. The number of nitrogens with one attached hydrogen (secondary N) is 1. The van der Waals surface area contributed by atoms with Crippen molar-refractivity contribution < 1.29 is 13.2 Å². The number of halogens is 1. The lowest BCUT2D eigenvalue weighted by molar-refractivity contribution is 0.346. The Kier molecular flexibility index (Phi) is 4.30. The Morgan fingerprint density at radius 3 is 2.95 bits per heavy atom. The second kappa shape index (κ2) is 5.89. The molecule has 0 amide bonds. The van der Waals surface area contributed by atoms with Crippen LogP contribution < -0.4 is 10.1 Å². The molecule has 0 bridgehead atoms. The molecular weight excluding hydrogens is 354 g/mol. The van der Waals surface area contributed by atoms with E-state index in [1.165, 1.54) is 11.1 Å². The number of rotatable bonds is 4. The number of hydrogen-bond donors (Lipinski definition) is 1. The molecule has 0 saturated carbocycles. The van der Waals surface area contributed by atoms with Gasteiger partial charge in [-0.2, -0.15) is 0 Å². The molecule has 21 heavy (non-hydrogen) atoms. The van der Waals surface area contributed by atoms with Crippen molar-refractivity contribution >= 4 is 25.8 Å². The van der Waals surface area contributed by atoms with Crippen LogP contribution in [0.2, 0.25) is 0 Å². The zero-order chi connectivity index (χ0) is 15.0. The van der Waals surface area contributed by atoms with Crippen LogP contribution in [0.15, 0.2) is 16.6 Å². The van der Waals surface area contributed by atoms with Gasteiger partial charge in [0.25, 0.3) is 0 Å². The molecule has 0 aromatic heterocycles. The van der Waals surface area contributed by atoms with Crippen LogP contribution in [0.5, 0.6) is 5.75 Å². The fourth-order valence-corrected chi connectivity index (χ4v) is 5.81. The average molecular weight is 374 g/mol. The maximum atomic E-state index is 11.7. The smallest absolute Gasteiger partial charge is 0.150 e. The molecule has 2 heterocycles. The van der Waals surface area contributed by atoms with Crippen LogP contribution in [0.1, 0.15) is 17.5 Å². The van der Waals surface area contributed by atoms with E-state index in [1.54, 1.807) is 0 Å². The van der Waals surface area contributed by atoms with Crippen molar-refractivity contribution in [2.24, 2.45) is 5.92 Å². The first-order chi connectivity index (χ1) is 9.98. The molecular formula is C15H20BrNO3S. The molecule has 4 nitrogen and oxygen atoms in total. The lowest BCUT2D eigenvalue weighted by atomic mass is 9.92. The first-order valence-corrected chi connectivity index (χ1v) is 9.92. The third-order valence-electron chi connectivity index (χ3n) is 4.47. The largest absolute Gasteiger partial charge is 0.493 e.